The molecular formula is C18H29N3O3S. The van der Waals surface area contributed by atoms with Crippen molar-refractivity contribution in [3.05, 3.63) is 29.3 Å². The van der Waals surface area contributed by atoms with Gasteiger partial charge in [-0.25, -0.2) is 13.1 Å². The van der Waals surface area contributed by atoms with Gasteiger partial charge in [0.2, 0.25) is 10.0 Å². The summed E-state index contributed by atoms with van der Waals surface area (Å²) >= 11 is 0. The smallest absolute Gasteiger partial charge is 0.251 e. The van der Waals surface area contributed by atoms with E-state index >= 15 is 0 Å². The third-order valence-electron chi connectivity index (χ3n) is 5.03. The van der Waals surface area contributed by atoms with E-state index in [2.05, 4.69) is 28.8 Å². The lowest BCUT2D eigenvalue weighted by Crippen LogP contribution is -2.45. The van der Waals surface area contributed by atoms with Crippen molar-refractivity contribution in [3.63, 3.8) is 0 Å². The van der Waals surface area contributed by atoms with Gasteiger partial charge in [-0.2, -0.15) is 0 Å². The number of aryl methyl sites for hydroxylation is 1. The SMILES string of the molecule is CNS(=O)(=O)c1ccc(C)c(C(=O)NCC(C)N2CCC(C)CC2)c1. The molecule has 0 aliphatic carbocycles. The number of benzene rings is 1. The first-order valence-corrected chi connectivity index (χ1v) is 10.3. The molecule has 1 aromatic carbocycles. The second-order valence-electron chi connectivity index (χ2n) is 6.96. The number of carbonyl (C=O) groups is 1. The highest BCUT2D eigenvalue weighted by atomic mass is 32.2. The van der Waals surface area contributed by atoms with Crippen LogP contribution in [0.15, 0.2) is 23.1 Å². The second kappa shape index (κ2) is 8.29. The predicted molar refractivity (Wildman–Crippen MR) is 99.2 cm³/mol. The summed E-state index contributed by atoms with van der Waals surface area (Å²) in [6.45, 7) is 8.87. The van der Waals surface area contributed by atoms with Gasteiger partial charge in [0.15, 0.2) is 0 Å². The summed E-state index contributed by atoms with van der Waals surface area (Å²) in [5.41, 5.74) is 1.16. The lowest BCUT2D eigenvalue weighted by Gasteiger charge is -2.35. The summed E-state index contributed by atoms with van der Waals surface area (Å²) < 4.78 is 26.1. The molecule has 25 heavy (non-hydrogen) atoms. The number of carbonyl (C=O) groups excluding carboxylic acids is 1. The molecule has 1 aliphatic rings. The first kappa shape index (κ1) is 19.9. The topological polar surface area (TPSA) is 78.5 Å². The fourth-order valence-electron chi connectivity index (χ4n) is 3.06. The Kier molecular flexibility index (Phi) is 6.59. The van der Waals surface area contributed by atoms with E-state index in [-0.39, 0.29) is 16.8 Å². The number of hydrogen-bond donors (Lipinski definition) is 2. The molecule has 140 valence electrons. The van der Waals surface area contributed by atoms with Crippen LogP contribution in [0, 0.1) is 12.8 Å². The first-order chi connectivity index (χ1) is 11.7. The molecule has 2 rings (SSSR count). The Morgan fingerprint density at radius 2 is 1.96 bits per heavy atom. The van der Waals surface area contributed by atoms with E-state index < -0.39 is 10.0 Å². The van der Waals surface area contributed by atoms with Gasteiger partial charge in [0, 0.05) is 18.2 Å². The lowest BCUT2D eigenvalue weighted by atomic mass is 9.98. The third kappa shape index (κ3) is 5.03. The Morgan fingerprint density at radius 1 is 1.32 bits per heavy atom. The van der Waals surface area contributed by atoms with Crippen LogP contribution in [0.5, 0.6) is 0 Å². The molecule has 0 aromatic heterocycles. The van der Waals surface area contributed by atoms with Crippen LogP contribution in [-0.4, -0.2) is 51.9 Å². The van der Waals surface area contributed by atoms with Crippen molar-refractivity contribution in [2.45, 2.75) is 44.6 Å². The van der Waals surface area contributed by atoms with Crippen LogP contribution in [0.1, 0.15) is 42.6 Å². The summed E-state index contributed by atoms with van der Waals surface area (Å²) in [6, 6.07) is 4.87. The van der Waals surface area contributed by atoms with E-state index in [4.69, 9.17) is 0 Å². The minimum atomic E-state index is -3.56. The summed E-state index contributed by atoms with van der Waals surface area (Å²) in [5.74, 6) is 0.542. The summed E-state index contributed by atoms with van der Waals surface area (Å²) in [5, 5.41) is 2.95. The van der Waals surface area contributed by atoms with Crippen LogP contribution in [0.2, 0.25) is 0 Å². The molecule has 1 atom stereocenters. The zero-order chi connectivity index (χ0) is 18.6. The Hall–Kier alpha value is -1.44. The maximum absolute atomic E-state index is 12.5. The first-order valence-electron chi connectivity index (χ1n) is 8.81. The molecule has 1 amide bonds. The normalized spacial score (nSPS) is 18.1. The van der Waals surface area contributed by atoms with Crippen molar-refractivity contribution in [3.8, 4) is 0 Å². The Balaban J connectivity index is 2.02. The van der Waals surface area contributed by atoms with Gasteiger partial charge in [0.25, 0.3) is 5.91 Å². The van der Waals surface area contributed by atoms with Crippen molar-refractivity contribution < 1.29 is 13.2 Å². The molecule has 1 saturated heterocycles. The molecule has 0 radical (unpaired) electrons. The summed E-state index contributed by atoms with van der Waals surface area (Å²) in [6.07, 6.45) is 2.39. The Bertz CT molecular complexity index is 710. The van der Waals surface area contributed by atoms with Gasteiger partial charge in [-0.05, 0) is 70.4 Å². The molecule has 1 heterocycles. The standard InChI is InChI=1S/C18H29N3O3S/c1-13-7-9-21(10-8-13)15(3)12-20-18(22)17-11-16(6-5-14(17)2)25(23,24)19-4/h5-6,11,13,15,19H,7-10,12H2,1-4H3,(H,20,22). The highest BCUT2D eigenvalue weighted by Gasteiger charge is 2.21. The number of nitrogens with zero attached hydrogens (tertiary/aromatic N) is 1. The van der Waals surface area contributed by atoms with Crippen LogP contribution < -0.4 is 10.0 Å². The van der Waals surface area contributed by atoms with Crippen LogP contribution in [0.3, 0.4) is 0 Å². The zero-order valence-corrected chi connectivity index (χ0v) is 16.3. The van der Waals surface area contributed by atoms with Crippen molar-refractivity contribution >= 4 is 15.9 Å². The molecule has 1 unspecified atom stereocenters. The number of rotatable bonds is 6. The third-order valence-corrected chi connectivity index (χ3v) is 6.44. The molecule has 0 spiro atoms. The average Bonchev–Trinajstić information content (AvgIpc) is 2.60. The maximum Gasteiger partial charge on any atom is 0.251 e. The second-order valence-corrected chi connectivity index (χ2v) is 8.85. The lowest BCUT2D eigenvalue weighted by molar-refractivity contribution is 0.0921. The number of hydrogen-bond acceptors (Lipinski definition) is 4. The fourth-order valence-corrected chi connectivity index (χ4v) is 3.82. The number of nitrogens with one attached hydrogen (secondary N) is 2. The van der Waals surface area contributed by atoms with Crippen LogP contribution in [0.25, 0.3) is 0 Å². The zero-order valence-electron chi connectivity index (χ0n) is 15.5. The van der Waals surface area contributed by atoms with Gasteiger partial charge in [-0.1, -0.05) is 13.0 Å². The van der Waals surface area contributed by atoms with E-state index in [9.17, 15) is 13.2 Å². The number of sulfonamides is 1. The predicted octanol–water partition coefficient (Wildman–Crippen LogP) is 1.75. The van der Waals surface area contributed by atoms with Gasteiger partial charge in [0.1, 0.15) is 0 Å². The number of likely N-dealkylation sites (tertiary alicyclic amines) is 1. The van der Waals surface area contributed by atoms with E-state index in [1.807, 2.05) is 0 Å². The molecule has 2 N–H and O–H groups in total. The number of piperidine rings is 1. The van der Waals surface area contributed by atoms with Crippen LogP contribution in [0.4, 0.5) is 0 Å². The van der Waals surface area contributed by atoms with Crippen molar-refractivity contribution in [1.82, 2.24) is 14.9 Å². The van der Waals surface area contributed by atoms with E-state index in [0.717, 1.165) is 24.6 Å². The molecule has 1 fully saturated rings. The molecule has 7 heteroatoms. The molecule has 1 aliphatic heterocycles. The molecule has 1 aromatic rings. The van der Waals surface area contributed by atoms with Gasteiger partial charge < -0.3 is 5.32 Å². The van der Waals surface area contributed by atoms with Crippen LogP contribution >= 0.6 is 0 Å². The van der Waals surface area contributed by atoms with Crippen molar-refractivity contribution in [2.24, 2.45) is 5.92 Å². The van der Waals surface area contributed by atoms with E-state index in [1.54, 1.807) is 13.0 Å². The minimum absolute atomic E-state index is 0.101. The van der Waals surface area contributed by atoms with Crippen molar-refractivity contribution in [2.75, 3.05) is 26.7 Å². The highest BCUT2D eigenvalue weighted by Crippen LogP contribution is 2.18. The average molecular weight is 368 g/mol. The van der Waals surface area contributed by atoms with E-state index in [1.165, 1.54) is 32.0 Å². The van der Waals surface area contributed by atoms with Gasteiger partial charge in [0.05, 0.1) is 4.90 Å². The monoisotopic (exact) mass is 367 g/mol. The molecule has 6 nitrogen and oxygen atoms in total. The van der Waals surface area contributed by atoms with Gasteiger partial charge in [-0.15, -0.1) is 0 Å². The number of amides is 1. The molecule has 0 bridgehead atoms. The molecular weight excluding hydrogens is 338 g/mol. The van der Waals surface area contributed by atoms with Gasteiger partial charge in [-0.3, -0.25) is 9.69 Å². The fraction of sp³-hybridized carbons (Fsp3) is 0.611. The molecule has 0 saturated carbocycles. The maximum atomic E-state index is 12.5. The van der Waals surface area contributed by atoms with E-state index in [0.29, 0.717) is 12.1 Å². The summed E-state index contributed by atoms with van der Waals surface area (Å²) in [4.78, 5) is 15.0. The Labute approximate surface area is 151 Å². The van der Waals surface area contributed by atoms with Crippen LogP contribution in [-0.2, 0) is 10.0 Å². The largest absolute Gasteiger partial charge is 0.350 e. The van der Waals surface area contributed by atoms with Crippen molar-refractivity contribution in [1.29, 1.82) is 0 Å². The van der Waals surface area contributed by atoms with Gasteiger partial charge >= 0.3 is 0 Å². The quantitative estimate of drug-likeness (QED) is 0.803. The highest BCUT2D eigenvalue weighted by molar-refractivity contribution is 7.89. The minimum Gasteiger partial charge on any atom is -0.350 e. The summed E-state index contributed by atoms with van der Waals surface area (Å²) in [7, 11) is -2.21. The Morgan fingerprint density at radius 3 is 2.56 bits per heavy atom.